The fourth-order valence-corrected chi connectivity index (χ4v) is 3.18. The van der Waals surface area contributed by atoms with Crippen molar-refractivity contribution in [2.24, 2.45) is 5.92 Å². The SMILES string of the molecule is O=C(c1cncs1)N(CC1CCCNC1)C1CC1. The van der Waals surface area contributed by atoms with E-state index in [0.29, 0.717) is 12.0 Å². The number of amides is 1. The zero-order valence-corrected chi connectivity index (χ0v) is 11.3. The van der Waals surface area contributed by atoms with Gasteiger partial charge < -0.3 is 10.2 Å². The average molecular weight is 265 g/mol. The summed E-state index contributed by atoms with van der Waals surface area (Å²) in [6, 6.07) is 0.488. The third-order valence-electron chi connectivity index (χ3n) is 3.75. The van der Waals surface area contributed by atoms with Crippen LogP contribution in [0.25, 0.3) is 0 Å². The van der Waals surface area contributed by atoms with Crippen molar-refractivity contribution < 1.29 is 4.79 Å². The lowest BCUT2D eigenvalue weighted by Gasteiger charge is -2.30. The van der Waals surface area contributed by atoms with Crippen LogP contribution >= 0.6 is 11.3 Å². The zero-order chi connectivity index (χ0) is 12.4. The summed E-state index contributed by atoms with van der Waals surface area (Å²) in [5.41, 5.74) is 1.74. The molecule has 18 heavy (non-hydrogen) atoms. The van der Waals surface area contributed by atoms with E-state index in [9.17, 15) is 4.79 Å². The Kier molecular flexibility index (Phi) is 3.61. The average Bonchev–Trinajstić information content (AvgIpc) is 3.10. The Morgan fingerprint density at radius 2 is 2.39 bits per heavy atom. The van der Waals surface area contributed by atoms with Gasteiger partial charge in [-0.1, -0.05) is 0 Å². The van der Waals surface area contributed by atoms with E-state index in [1.165, 1.54) is 37.0 Å². The van der Waals surface area contributed by atoms with Crippen molar-refractivity contribution in [3.8, 4) is 0 Å². The van der Waals surface area contributed by atoms with E-state index in [0.717, 1.165) is 24.5 Å². The molecule has 1 atom stereocenters. The smallest absolute Gasteiger partial charge is 0.265 e. The van der Waals surface area contributed by atoms with Crippen molar-refractivity contribution >= 4 is 17.2 Å². The van der Waals surface area contributed by atoms with Gasteiger partial charge in [-0.05, 0) is 44.7 Å². The Bertz CT molecular complexity index is 396. The number of thiazole rings is 1. The van der Waals surface area contributed by atoms with Gasteiger partial charge in [0.25, 0.3) is 5.91 Å². The summed E-state index contributed by atoms with van der Waals surface area (Å²) in [5, 5.41) is 3.43. The minimum Gasteiger partial charge on any atom is -0.335 e. The Labute approximate surface area is 111 Å². The molecule has 4 nitrogen and oxygen atoms in total. The summed E-state index contributed by atoms with van der Waals surface area (Å²) in [6.07, 6.45) is 6.51. The van der Waals surface area contributed by atoms with E-state index in [1.54, 1.807) is 11.7 Å². The quantitative estimate of drug-likeness (QED) is 0.902. The fourth-order valence-electron chi connectivity index (χ4n) is 2.60. The minimum atomic E-state index is 0.186. The Balaban J connectivity index is 1.66. The molecule has 1 N–H and O–H groups in total. The molecule has 2 aliphatic rings. The van der Waals surface area contributed by atoms with Crippen molar-refractivity contribution in [3.63, 3.8) is 0 Å². The molecular weight excluding hydrogens is 246 g/mol. The lowest BCUT2D eigenvalue weighted by atomic mass is 9.99. The van der Waals surface area contributed by atoms with E-state index in [-0.39, 0.29) is 5.91 Å². The number of nitrogens with zero attached hydrogens (tertiary/aromatic N) is 2. The first kappa shape index (κ1) is 12.1. The largest absolute Gasteiger partial charge is 0.335 e. The molecule has 1 saturated carbocycles. The van der Waals surface area contributed by atoms with Gasteiger partial charge in [0.05, 0.1) is 11.7 Å². The van der Waals surface area contributed by atoms with Crippen LogP contribution in [0.4, 0.5) is 0 Å². The first-order chi connectivity index (χ1) is 8.84. The molecule has 0 radical (unpaired) electrons. The third kappa shape index (κ3) is 2.72. The van der Waals surface area contributed by atoms with E-state index >= 15 is 0 Å². The van der Waals surface area contributed by atoms with Crippen molar-refractivity contribution in [2.45, 2.75) is 31.7 Å². The number of carbonyl (C=O) groups excluding carboxylic acids is 1. The standard InChI is InChI=1S/C13H19N3OS/c17-13(12-7-15-9-18-12)16(11-3-4-11)8-10-2-1-5-14-6-10/h7,9-11,14H,1-6,8H2. The molecular formula is C13H19N3OS. The second-order valence-electron chi connectivity index (χ2n) is 5.27. The van der Waals surface area contributed by atoms with Crippen LogP contribution in [0.15, 0.2) is 11.7 Å². The summed E-state index contributed by atoms with van der Waals surface area (Å²) < 4.78 is 0. The molecule has 1 unspecified atom stereocenters. The molecule has 1 amide bonds. The molecule has 1 aromatic rings. The molecule has 1 aliphatic carbocycles. The number of hydrogen-bond acceptors (Lipinski definition) is 4. The van der Waals surface area contributed by atoms with E-state index in [4.69, 9.17) is 0 Å². The van der Waals surface area contributed by atoms with Crippen LogP contribution in [-0.4, -0.2) is 41.5 Å². The van der Waals surface area contributed by atoms with Gasteiger partial charge in [0, 0.05) is 12.6 Å². The topological polar surface area (TPSA) is 45.2 Å². The fraction of sp³-hybridized carbons (Fsp3) is 0.692. The minimum absolute atomic E-state index is 0.186. The van der Waals surface area contributed by atoms with E-state index in [2.05, 4.69) is 15.2 Å². The van der Waals surface area contributed by atoms with Crippen molar-refractivity contribution in [1.29, 1.82) is 0 Å². The predicted octanol–water partition coefficient (Wildman–Crippen LogP) is 1.75. The molecule has 98 valence electrons. The number of nitrogens with one attached hydrogen (secondary N) is 1. The summed E-state index contributed by atoms with van der Waals surface area (Å²) in [7, 11) is 0. The lowest BCUT2D eigenvalue weighted by molar-refractivity contribution is 0.0709. The highest BCUT2D eigenvalue weighted by atomic mass is 32.1. The molecule has 2 heterocycles. The van der Waals surface area contributed by atoms with Gasteiger partial charge in [-0.3, -0.25) is 9.78 Å². The highest BCUT2D eigenvalue weighted by molar-refractivity contribution is 7.11. The molecule has 0 aromatic carbocycles. The maximum absolute atomic E-state index is 12.4. The summed E-state index contributed by atoms with van der Waals surface area (Å²) >= 11 is 1.45. The predicted molar refractivity (Wildman–Crippen MR) is 71.8 cm³/mol. The van der Waals surface area contributed by atoms with E-state index < -0.39 is 0 Å². The first-order valence-electron chi connectivity index (χ1n) is 6.75. The first-order valence-corrected chi connectivity index (χ1v) is 7.63. The molecule has 1 aromatic heterocycles. The maximum atomic E-state index is 12.4. The molecule has 0 spiro atoms. The van der Waals surface area contributed by atoms with Gasteiger partial charge in [0.15, 0.2) is 0 Å². The highest BCUT2D eigenvalue weighted by Crippen LogP contribution is 2.30. The zero-order valence-electron chi connectivity index (χ0n) is 10.5. The summed E-state index contributed by atoms with van der Waals surface area (Å²) in [6.45, 7) is 3.09. The van der Waals surface area contributed by atoms with Gasteiger partial charge in [-0.2, -0.15) is 0 Å². The normalized spacial score (nSPS) is 23.9. The van der Waals surface area contributed by atoms with Crippen LogP contribution in [0, 0.1) is 5.92 Å². The van der Waals surface area contributed by atoms with Gasteiger partial charge in [0.2, 0.25) is 0 Å². The molecule has 5 heteroatoms. The second kappa shape index (κ2) is 5.36. The van der Waals surface area contributed by atoms with Gasteiger partial charge in [-0.15, -0.1) is 11.3 Å². The van der Waals surface area contributed by atoms with Gasteiger partial charge in [0.1, 0.15) is 4.88 Å². The molecule has 1 aliphatic heterocycles. The third-order valence-corrected chi connectivity index (χ3v) is 4.51. The van der Waals surface area contributed by atoms with Crippen LogP contribution in [0.2, 0.25) is 0 Å². The number of rotatable bonds is 4. The molecule has 1 saturated heterocycles. The molecule has 3 rings (SSSR count). The van der Waals surface area contributed by atoms with Crippen molar-refractivity contribution in [2.75, 3.05) is 19.6 Å². The highest BCUT2D eigenvalue weighted by Gasteiger charge is 2.35. The number of piperidine rings is 1. The number of aromatic nitrogens is 1. The van der Waals surface area contributed by atoms with Crippen molar-refractivity contribution in [1.82, 2.24) is 15.2 Å². The maximum Gasteiger partial charge on any atom is 0.265 e. The van der Waals surface area contributed by atoms with Gasteiger partial charge in [-0.25, -0.2) is 0 Å². The van der Waals surface area contributed by atoms with Gasteiger partial charge >= 0.3 is 0 Å². The van der Waals surface area contributed by atoms with Crippen LogP contribution in [0.1, 0.15) is 35.4 Å². The summed E-state index contributed by atoms with van der Waals surface area (Å²) in [5.74, 6) is 0.807. The Hall–Kier alpha value is -0.940. The van der Waals surface area contributed by atoms with Crippen LogP contribution < -0.4 is 5.32 Å². The van der Waals surface area contributed by atoms with Crippen LogP contribution in [0.5, 0.6) is 0 Å². The van der Waals surface area contributed by atoms with E-state index in [1.807, 2.05) is 0 Å². The van der Waals surface area contributed by atoms with Crippen LogP contribution in [-0.2, 0) is 0 Å². The molecule has 2 fully saturated rings. The lowest BCUT2D eigenvalue weighted by Crippen LogP contribution is -2.42. The number of hydrogen-bond donors (Lipinski definition) is 1. The van der Waals surface area contributed by atoms with Crippen molar-refractivity contribution in [3.05, 3.63) is 16.6 Å². The Morgan fingerprint density at radius 3 is 3.00 bits per heavy atom. The summed E-state index contributed by atoms with van der Waals surface area (Å²) in [4.78, 5) is 19.3. The monoisotopic (exact) mass is 265 g/mol. The number of carbonyl (C=O) groups is 1. The second-order valence-corrected chi connectivity index (χ2v) is 6.15. The molecule has 0 bridgehead atoms. The van der Waals surface area contributed by atoms with Crippen LogP contribution in [0.3, 0.4) is 0 Å². The Morgan fingerprint density at radius 1 is 1.50 bits per heavy atom.